The second-order valence-electron chi connectivity index (χ2n) is 8.86. The highest BCUT2D eigenvalue weighted by Crippen LogP contribution is 2.29. The molecule has 1 unspecified atom stereocenters. The van der Waals surface area contributed by atoms with Gasteiger partial charge in [0, 0.05) is 67.3 Å². The Balaban J connectivity index is 1.19. The summed E-state index contributed by atoms with van der Waals surface area (Å²) in [5.41, 5.74) is 3.64. The molecule has 1 aromatic carbocycles. The van der Waals surface area contributed by atoms with Crippen molar-refractivity contribution in [2.75, 3.05) is 44.2 Å². The Morgan fingerprint density at radius 3 is 2.76 bits per heavy atom. The van der Waals surface area contributed by atoms with E-state index < -0.39 is 0 Å². The number of nitrogens with zero attached hydrogens (tertiary/aromatic N) is 2. The van der Waals surface area contributed by atoms with Crippen molar-refractivity contribution in [2.24, 2.45) is 0 Å². The molecule has 5 rings (SSSR count). The lowest BCUT2D eigenvalue weighted by atomic mass is 10.1. The van der Waals surface area contributed by atoms with Gasteiger partial charge in [-0.1, -0.05) is 12.8 Å². The van der Waals surface area contributed by atoms with E-state index in [1.807, 2.05) is 6.07 Å². The average molecular weight is 450 g/mol. The van der Waals surface area contributed by atoms with Gasteiger partial charge in [-0.25, -0.2) is 9.78 Å². The predicted octanol–water partition coefficient (Wildman–Crippen LogP) is 2.10. The van der Waals surface area contributed by atoms with Crippen LogP contribution in [0.1, 0.15) is 36.2 Å². The maximum atomic E-state index is 12.7. The van der Waals surface area contributed by atoms with Crippen LogP contribution in [0.25, 0.3) is 21.8 Å². The highest BCUT2D eigenvalue weighted by Gasteiger charge is 2.19. The van der Waals surface area contributed by atoms with Gasteiger partial charge in [0.2, 0.25) is 0 Å². The highest BCUT2D eigenvalue weighted by atomic mass is 16.2. The maximum absolute atomic E-state index is 12.7. The lowest BCUT2D eigenvalue weighted by Crippen LogP contribution is -2.43. The summed E-state index contributed by atoms with van der Waals surface area (Å²) in [6.45, 7) is 5.30. The monoisotopic (exact) mass is 449 g/mol. The summed E-state index contributed by atoms with van der Waals surface area (Å²) in [5, 5.41) is 14.2. The number of piperazine rings is 1. The molecule has 9 heteroatoms. The van der Waals surface area contributed by atoms with Gasteiger partial charge in [-0.2, -0.15) is 0 Å². The van der Waals surface area contributed by atoms with Gasteiger partial charge in [0.05, 0.1) is 11.7 Å². The smallest absolute Gasteiger partial charge is 0.315 e. The van der Waals surface area contributed by atoms with Crippen molar-refractivity contribution >= 4 is 39.4 Å². The van der Waals surface area contributed by atoms with E-state index in [4.69, 9.17) is 0 Å². The van der Waals surface area contributed by atoms with E-state index in [1.165, 1.54) is 5.69 Å². The van der Waals surface area contributed by atoms with E-state index in [0.29, 0.717) is 18.8 Å². The molecule has 0 aliphatic carbocycles. The van der Waals surface area contributed by atoms with E-state index in [9.17, 15) is 9.59 Å². The molecule has 5 N–H and O–H groups in total. The van der Waals surface area contributed by atoms with Crippen LogP contribution in [0.5, 0.6) is 0 Å². The molecule has 2 saturated heterocycles. The normalized spacial score (nSPS) is 18.5. The fourth-order valence-corrected chi connectivity index (χ4v) is 4.69. The van der Waals surface area contributed by atoms with E-state index in [1.54, 1.807) is 6.20 Å². The van der Waals surface area contributed by atoms with E-state index in [-0.39, 0.29) is 18.0 Å². The first-order valence-corrected chi connectivity index (χ1v) is 11.9. The molecule has 0 spiro atoms. The van der Waals surface area contributed by atoms with Gasteiger partial charge < -0.3 is 31.2 Å². The van der Waals surface area contributed by atoms with Crippen molar-refractivity contribution in [2.45, 2.75) is 31.7 Å². The van der Waals surface area contributed by atoms with Crippen LogP contribution in [0.4, 0.5) is 10.5 Å². The molecule has 0 saturated carbocycles. The summed E-state index contributed by atoms with van der Waals surface area (Å²) in [4.78, 5) is 34.0. The Bertz CT molecular complexity index is 1150. The first-order chi connectivity index (χ1) is 16.2. The molecule has 0 radical (unpaired) electrons. The second-order valence-corrected chi connectivity index (χ2v) is 8.86. The Hall–Kier alpha value is -3.33. The molecule has 33 heavy (non-hydrogen) atoms. The molecule has 2 aromatic heterocycles. The predicted molar refractivity (Wildman–Crippen MR) is 130 cm³/mol. The number of carbonyl (C=O) groups is 2. The van der Waals surface area contributed by atoms with Gasteiger partial charge in [0.1, 0.15) is 5.69 Å². The number of carbonyl (C=O) groups excluding carboxylic acids is 2. The van der Waals surface area contributed by atoms with E-state index in [0.717, 1.165) is 73.7 Å². The Morgan fingerprint density at radius 1 is 1.09 bits per heavy atom. The van der Waals surface area contributed by atoms with Gasteiger partial charge in [-0.05, 0) is 37.1 Å². The molecule has 4 heterocycles. The first kappa shape index (κ1) is 21.5. The summed E-state index contributed by atoms with van der Waals surface area (Å²) in [6.07, 6.45) is 5.65. The molecule has 3 aromatic rings. The summed E-state index contributed by atoms with van der Waals surface area (Å²) < 4.78 is 0. The number of unbranched alkanes of at least 4 members (excludes halogenated alkanes) is 2. The second kappa shape index (κ2) is 9.66. The summed E-state index contributed by atoms with van der Waals surface area (Å²) in [7, 11) is 0. The van der Waals surface area contributed by atoms with Crippen LogP contribution >= 0.6 is 0 Å². The van der Waals surface area contributed by atoms with Crippen LogP contribution in [0, 0.1) is 0 Å². The van der Waals surface area contributed by atoms with Crippen molar-refractivity contribution in [1.29, 1.82) is 0 Å². The van der Waals surface area contributed by atoms with E-state index >= 15 is 0 Å². The van der Waals surface area contributed by atoms with Crippen LogP contribution in [0.3, 0.4) is 0 Å². The fraction of sp³-hybridized carbons (Fsp3) is 0.458. The minimum Gasteiger partial charge on any atom is -0.369 e. The minimum absolute atomic E-state index is 0.0769. The molecule has 9 nitrogen and oxygen atoms in total. The van der Waals surface area contributed by atoms with Crippen molar-refractivity contribution < 1.29 is 9.59 Å². The Kier molecular flexibility index (Phi) is 6.30. The molecule has 2 aliphatic rings. The van der Waals surface area contributed by atoms with Crippen molar-refractivity contribution in [3.63, 3.8) is 0 Å². The molecule has 0 bridgehead atoms. The molecular weight excluding hydrogens is 418 g/mol. The Labute approximate surface area is 192 Å². The number of amides is 3. The quantitative estimate of drug-likeness (QED) is 0.338. The molecule has 2 aliphatic heterocycles. The number of rotatable bonds is 8. The van der Waals surface area contributed by atoms with Gasteiger partial charge in [-0.15, -0.1) is 0 Å². The molecule has 174 valence electrons. The molecular formula is C24H31N7O2. The summed E-state index contributed by atoms with van der Waals surface area (Å²) >= 11 is 0. The number of H-pyrrole nitrogens is 1. The number of hydrogen-bond donors (Lipinski definition) is 5. The average Bonchev–Trinajstić information content (AvgIpc) is 3.43. The van der Waals surface area contributed by atoms with Crippen LogP contribution in [-0.2, 0) is 0 Å². The zero-order valence-corrected chi connectivity index (χ0v) is 18.7. The SMILES string of the molecule is O=C1NCC(CCCCCNC(=O)c2cc3c(cn2)[nH]c2ccc(N4CCNCC4)cc23)N1. The number of urea groups is 1. The van der Waals surface area contributed by atoms with Gasteiger partial charge in [-0.3, -0.25) is 4.79 Å². The standard InChI is InChI=1S/C24H31N7O2/c32-23(26-7-3-1-2-4-16-14-28-24(33)29-16)21-13-19-18-12-17(31-10-8-25-9-11-31)5-6-20(18)30-22(19)15-27-21/h5-6,12-13,15-16,25,30H,1-4,7-11,14H2,(H,26,32)(H2,28,29,33). The number of fused-ring (bicyclic) bond motifs is 3. The van der Waals surface area contributed by atoms with Crippen molar-refractivity contribution in [3.05, 3.63) is 36.2 Å². The highest BCUT2D eigenvalue weighted by molar-refractivity contribution is 6.10. The maximum Gasteiger partial charge on any atom is 0.315 e. The van der Waals surface area contributed by atoms with Gasteiger partial charge in [0.15, 0.2) is 0 Å². The Morgan fingerprint density at radius 2 is 1.94 bits per heavy atom. The third-order valence-electron chi connectivity index (χ3n) is 6.54. The third-order valence-corrected chi connectivity index (χ3v) is 6.54. The molecule has 3 amide bonds. The lowest BCUT2D eigenvalue weighted by molar-refractivity contribution is 0.0948. The number of pyridine rings is 1. The fourth-order valence-electron chi connectivity index (χ4n) is 4.69. The number of anilines is 1. The van der Waals surface area contributed by atoms with Crippen molar-refractivity contribution in [3.8, 4) is 0 Å². The number of benzene rings is 1. The number of hydrogen-bond acceptors (Lipinski definition) is 5. The van der Waals surface area contributed by atoms with Crippen molar-refractivity contribution in [1.82, 2.24) is 31.2 Å². The number of aromatic amines is 1. The first-order valence-electron chi connectivity index (χ1n) is 11.9. The van der Waals surface area contributed by atoms with Crippen LogP contribution in [-0.4, -0.2) is 67.2 Å². The number of nitrogens with one attached hydrogen (secondary N) is 5. The lowest BCUT2D eigenvalue weighted by Gasteiger charge is -2.29. The van der Waals surface area contributed by atoms with Gasteiger partial charge in [0.25, 0.3) is 5.91 Å². The topological polar surface area (TPSA) is 114 Å². The van der Waals surface area contributed by atoms with Gasteiger partial charge >= 0.3 is 6.03 Å². The van der Waals surface area contributed by atoms with Crippen LogP contribution < -0.4 is 26.2 Å². The largest absolute Gasteiger partial charge is 0.369 e. The summed E-state index contributed by atoms with van der Waals surface area (Å²) in [5.74, 6) is -0.142. The zero-order valence-electron chi connectivity index (χ0n) is 18.7. The molecule has 2 fully saturated rings. The third kappa shape index (κ3) is 4.88. The zero-order chi connectivity index (χ0) is 22.6. The van der Waals surface area contributed by atoms with E-state index in [2.05, 4.69) is 54.3 Å². The number of aromatic nitrogens is 2. The summed E-state index contributed by atoms with van der Waals surface area (Å²) in [6, 6.07) is 8.52. The minimum atomic E-state index is -0.142. The molecule has 1 atom stereocenters. The van der Waals surface area contributed by atoms with Crippen LogP contribution in [0.15, 0.2) is 30.5 Å². The van der Waals surface area contributed by atoms with Crippen LogP contribution in [0.2, 0.25) is 0 Å².